The van der Waals surface area contributed by atoms with E-state index in [0.717, 1.165) is 5.75 Å². The molecule has 0 spiro atoms. The molecule has 0 saturated heterocycles. The van der Waals surface area contributed by atoms with Crippen molar-refractivity contribution in [2.75, 3.05) is 7.11 Å². The van der Waals surface area contributed by atoms with Crippen molar-refractivity contribution in [2.24, 2.45) is 0 Å². The number of methoxy groups -OCH3 is 1. The van der Waals surface area contributed by atoms with Gasteiger partial charge in [0.1, 0.15) is 5.75 Å². The van der Waals surface area contributed by atoms with Gasteiger partial charge >= 0.3 is 0 Å². The first kappa shape index (κ1) is 14.6. The summed E-state index contributed by atoms with van der Waals surface area (Å²) in [4.78, 5) is 0. The van der Waals surface area contributed by atoms with Gasteiger partial charge in [0.25, 0.3) is 0 Å². The predicted octanol–water partition coefficient (Wildman–Crippen LogP) is 5.81. The minimum atomic E-state index is 0.0538. The molecule has 3 aromatic rings. The van der Waals surface area contributed by atoms with Gasteiger partial charge in [-0.3, -0.25) is 0 Å². The Morgan fingerprint density at radius 1 is 0.727 bits per heavy atom. The summed E-state index contributed by atoms with van der Waals surface area (Å²) in [5.74, 6) is 0.956. The molecule has 0 unspecified atom stereocenters. The summed E-state index contributed by atoms with van der Waals surface area (Å²) in [6.45, 7) is 6.65. The summed E-state index contributed by atoms with van der Waals surface area (Å²) in [6, 6.07) is 21.6. The highest BCUT2D eigenvalue weighted by Gasteiger charge is 2.19. The smallest absolute Gasteiger partial charge is 0.122 e. The highest BCUT2D eigenvalue weighted by Crippen LogP contribution is 2.35. The van der Waals surface area contributed by atoms with Crippen LogP contribution in [-0.2, 0) is 5.41 Å². The molecule has 0 aliphatic heterocycles. The van der Waals surface area contributed by atoms with Crippen molar-refractivity contribution in [1.29, 1.82) is 0 Å². The van der Waals surface area contributed by atoms with Crippen LogP contribution in [-0.4, -0.2) is 7.11 Å². The molecular weight excluding hydrogens is 268 g/mol. The zero-order valence-electron chi connectivity index (χ0n) is 13.7. The van der Waals surface area contributed by atoms with Crippen LogP contribution in [0.15, 0.2) is 60.7 Å². The van der Waals surface area contributed by atoms with E-state index in [4.69, 9.17) is 4.74 Å². The molecule has 0 fully saturated rings. The van der Waals surface area contributed by atoms with Crippen molar-refractivity contribution >= 4 is 10.8 Å². The van der Waals surface area contributed by atoms with Crippen molar-refractivity contribution < 1.29 is 4.74 Å². The fourth-order valence-electron chi connectivity index (χ4n) is 2.84. The first-order chi connectivity index (χ1) is 10.5. The van der Waals surface area contributed by atoms with Crippen molar-refractivity contribution in [3.05, 3.63) is 66.2 Å². The molecule has 0 amide bonds. The second kappa shape index (κ2) is 5.49. The Hall–Kier alpha value is -2.28. The van der Waals surface area contributed by atoms with E-state index in [1.54, 1.807) is 7.11 Å². The van der Waals surface area contributed by atoms with Gasteiger partial charge in [-0.15, -0.1) is 0 Å². The molecule has 3 aromatic carbocycles. The summed E-state index contributed by atoms with van der Waals surface area (Å²) in [5, 5.41) is 2.55. The first-order valence-corrected chi connectivity index (χ1v) is 7.67. The van der Waals surface area contributed by atoms with Crippen molar-refractivity contribution in [3.8, 4) is 16.9 Å². The van der Waals surface area contributed by atoms with Crippen molar-refractivity contribution in [3.63, 3.8) is 0 Å². The normalized spacial score (nSPS) is 11.6. The van der Waals surface area contributed by atoms with E-state index in [9.17, 15) is 0 Å². The van der Waals surface area contributed by atoms with Crippen LogP contribution in [0.25, 0.3) is 21.9 Å². The summed E-state index contributed by atoms with van der Waals surface area (Å²) in [7, 11) is 1.74. The molecule has 1 nitrogen and oxygen atoms in total. The highest BCUT2D eigenvalue weighted by atomic mass is 16.5. The monoisotopic (exact) mass is 290 g/mol. The summed E-state index contributed by atoms with van der Waals surface area (Å²) >= 11 is 0. The molecule has 0 N–H and O–H groups in total. The SMILES string of the molecule is COc1ccc(-c2ccc3ccccc3c2)cc1C(C)(C)C. The van der Waals surface area contributed by atoms with Crippen LogP contribution in [0.1, 0.15) is 26.3 Å². The van der Waals surface area contributed by atoms with Gasteiger partial charge in [0, 0.05) is 5.56 Å². The molecule has 0 aromatic heterocycles. The minimum absolute atomic E-state index is 0.0538. The van der Waals surface area contributed by atoms with Crippen LogP contribution in [0.2, 0.25) is 0 Å². The molecule has 22 heavy (non-hydrogen) atoms. The van der Waals surface area contributed by atoms with E-state index >= 15 is 0 Å². The van der Waals surface area contributed by atoms with Crippen LogP contribution in [0, 0.1) is 0 Å². The predicted molar refractivity (Wildman–Crippen MR) is 94.6 cm³/mol. The van der Waals surface area contributed by atoms with E-state index in [-0.39, 0.29) is 5.41 Å². The summed E-state index contributed by atoms with van der Waals surface area (Å²) in [5.41, 5.74) is 3.77. The van der Waals surface area contributed by atoms with E-state index in [1.165, 1.54) is 27.5 Å². The summed E-state index contributed by atoms with van der Waals surface area (Å²) < 4.78 is 5.53. The Morgan fingerprint density at radius 2 is 1.36 bits per heavy atom. The number of ether oxygens (including phenoxy) is 1. The van der Waals surface area contributed by atoms with Crippen molar-refractivity contribution in [2.45, 2.75) is 26.2 Å². The molecule has 3 rings (SSSR count). The van der Waals surface area contributed by atoms with Crippen molar-refractivity contribution in [1.82, 2.24) is 0 Å². The standard InChI is InChI=1S/C21H22O/c1-21(2,3)19-14-18(11-12-20(19)22-4)17-10-9-15-7-5-6-8-16(15)13-17/h5-14H,1-4H3. The van der Waals surface area contributed by atoms with Gasteiger partial charge in [-0.2, -0.15) is 0 Å². The molecule has 0 bridgehead atoms. The average Bonchev–Trinajstić information content (AvgIpc) is 2.53. The average molecular weight is 290 g/mol. The number of hydrogen-bond donors (Lipinski definition) is 0. The molecule has 0 aliphatic rings. The lowest BCUT2D eigenvalue weighted by molar-refractivity contribution is 0.397. The Bertz CT molecular complexity index is 809. The van der Waals surface area contributed by atoms with Gasteiger partial charge in [0.15, 0.2) is 0 Å². The van der Waals surface area contributed by atoms with Gasteiger partial charge in [-0.1, -0.05) is 63.2 Å². The van der Waals surface area contributed by atoms with Gasteiger partial charge in [0.05, 0.1) is 7.11 Å². The maximum absolute atomic E-state index is 5.53. The number of rotatable bonds is 2. The van der Waals surface area contributed by atoms with Gasteiger partial charge in [0.2, 0.25) is 0 Å². The Kier molecular flexibility index (Phi) is 3.66. The molecule has 1 heteroatoms. The fourth-order valence-corrected chi connectivity index (χ4v) is 2.84. The van der Waals surface area contributed by atoms with Crippen LogP contribution >= 0.6 is 0 Å². The third-order valence-electron chi connectivity index (χ3n) is 4.09. The van der Waals surface area contributed by atoms with Crippen LogP contribution in [0.4, 0.5) is 0 Å². The van der Waals surface area contributed by atoms with E-state index in [0.29, 0.717) is 0 Å². The zero-order chi connectivity index (χ0) is 15.7. The maximum Gasteiger partial charge on any atom is 0.122 e. The second-order valence-corrected chi connectivity index (χ2v) is 6.73. The lowest BCUT2D eigenvalue weighted by Gasteiger charge is -2.23. The van der Waals surface area contributed by atoms with E-state index in [2.05, 4.69) is 81.4 Å². The second-order valence-electron chi connectivity index (χ2n) is 6.73. The number of benzene rings is 3. The first-order valence-electron chi connectivity index (χ1n) is 7.67. The highest BCUT2D eigenvalue weighted by molar-refractivity contribution is 5.87. The molecule has 112 valence electrons. The van der Waals surface area contributed by atoms with E-state index < -0.39 is 0 Å². The molecule has 0 atom stereocenters. The third kappa shape index (κ3) is 2.71. The van der Waals surface area contributed by atoms with Gasteiger partial charge in [-0.25, -0.2) is 0 Å². The molecule has 0 aliphatic carbocycles. The lowest BCUT2D eigenvalue weighted by Crippen LogP contribution is -2.12. The van der Waals surface area contributed by atoms with Crippen LogP contribution in [0.3, 0.4) is 0 Å². The molecule has 0 saturated carbocycles. The Labute approximate surface area is 132 Å². The Balaban J connectivity index is 2.14. The van der Waals surface area contributed by atoms with E-state index in [1.807, 2.05) is 0 Å². The van der Waals surface area contributed by atoms with Crippen LogP contribution < -0.4 is 4.74 Å². The van der Waals surface area contributed by atoms with Crippen LogP contribution in [0.5, 0.6) is 5.75 Å². The zero-order valence-corrected chi connectivity index (χ0v) is 13.7. The minimum Gasteiger partial charge on any atom is -0.496 e. The van der Waals surface area contributed by atoms with Gasteiger partial charge in [-0.05, 0) is 45.5 Å². The Morgan fingerprint density at radius 3 is 2.05 bits per heavy atom. The molecule has 0 heterocycles. The topological polar surface area (TPSA) is 9.23 Å². The number of fused-ring (bicyclic) bond motifs is 1. The maximum atomic E-state index is 5.53. The largest absolute Gasteiger partial charge is 0.496 e. The summed E-state index contributed by atoms with van der Waals surface area (Å²) in [6.07, 6.45) is 0. The molecule has 0 radical (unpaired) electrons. The van der Waals surface area contributed by atoms with Gasteiger partial charge < -0.3 is 4.74 Å². The molecular formula is C21H22O. The third-order valence-corrected chi connectivity index (χ3v) is 4.09. The quantitative estimate of drug-likeness (QED) is 0.578. The number of hydrogen-bond acceptors (Lipinski definition) is 1. The fraction of sp³-hybridized carbons (Fsp3) is 0.238. The lowest BCUT2D eigenvalue weighted by atomic mass is 9.84.